The van der Waals surface area contributed by atoms with E-state index in [2.05, 4.69) is 6.07 Å². The third-order valence-electron chi connectivity index (χ3n) is 2.52. The van der Waals surface area contributed by atoms with Crippen molar-refractivity contribution in [1.29, 1.82) is 0 Å². The number of rotatable bonds is 1. The molecular formula is C10H13NO. The molecule has 0 radical (unpaired) electrons. The fourth-order valence-corrected chi connectivity index (χ4v) is 1.81. The maximum Gasteiger partial charge on any atom is 0.0652 e. The molecule has 0 aliphatic heterocycles. The van der Waals surface area contributed by atoms with Gasteiger partial charge in [-0.25, -0.2) is 0 Å². The smallest absolute Gasteiger partial charge is 0.0652 e. The molecule has 0 saturated heterocycles. The van der Waals surface area contributed by atoms with E-state index in [9.17, 15) is 0 Å². The summed E-state index contributed by atoms with van der Waals surface area (Å²) >= 11 is 0. The van der Waals surface area contributed by atoms with E-state index in [1.165, 1.54) is 11.1 Å². The lowest BCUT2D eigenvalue weighted by Crippen LogP contribution is -2.09. The maximum absolute atomic E-state index is 5.83. The molecule has 0 amide bonds. The zero-order valence-electron chi connectivity index (χ0n) is 7.21. The van der Waals surface area contributed by atoms with Crippen LogP contribution in [0.25, 0.3) is 0 Å². The molecule has 1 unspecified atom stereocenters. The second-order valence-electron chi connectivity index (χ2n) is 3.25. The summed E-state index contributed by atoms with van der Waals surface area (Å²) in [5, 5.41) is 0. The summed E-state index contributed by atoms with van der Waals surface area (Å²) < 4.78 is 5.29. The molecule has 0 saturated carbocycles. The van der Waals surface area contributed by atoms with Gasteiger partial charge < -0.3 is 10.5 Å². The van der Waals surface area contributed by atoms with E-state index >= 15 is 0 Å². The van der Waals surface area contributed by atoms with E-state index in [-0.39, 0.29) is 0 Å². The van der Waals surface area contributed by atoms with Crippen molar-refractivity contribution in [3.05, 3.63) is 29.3 Å². The molecule has 1 aromatic carbocycles. The first-order chi connectivity index (χ1) is 5.81. The molecular weight excluding hydrogens is 150 g/mol. The topological polar surface area (TPSA) is 35.2 Å². The van der Waals surface area contributed by atoms with Crippen LogP contribution in [-0.4, -0.2) is 13.2 Å². The van der Waals surface area contributed by atoms with Gasteiger partial charge in [-0.05, 0) is 23.6 Å². The Kier molecular flexibility index (Phi) is 1.77. The summed E-state index contributed by atoms with van der Waals surface area (Å²) in [7, 11) is 1.76. The lowest BCUT2D eigenvalue weighted by Gasteiger charge is -2.04. The first-order valence-corrected chi connectivity index (χ1v) is 4.20. The van der Waals surface area contributed by atoms with E-state index < -0.39 is 0 Å². The van der Waals surface area contributed by atoms with Crippen molar-refractivity contribution in [3.8, 4) is 0 Å². The van der Waals surface area contributed by atoms with E-state index in [0.717, 1.165) is 18.5 Å². The Morgan fingerprint density at radius 1 is 1.42 bits per heavy atom. The highest BCUT2D eigenvalue weighted by Crippen LogP contribution is 2.28. The Balaban J connectivity index is 2.35. The average Bonchev–Trinajstić information content (AvgIpc) is 2.49. The summed E-state index contributed by atoms with van der Waals surface area (Å²) in [6.45, 7) is 0. The van der Waals surface area contributed by atoms with Crippen LogP contribution in [0.4, 0.5) is 5.69 Å². The Hall–Kier alpha value is -1.02. The number of benzene rings is 1. The molecule has 12 heavy (non-hydrogen) atoms. The van der Waals surface area contributed by atoms with Crippen LogP contribution >= 0.6 is 0 Å². The van der Waals surface area contributed by atoms with Gasteiger partial charge >= 0.3 is 0 Å². The van der Waals surface area contributed by atoms with Gasteiger partial charge in [0.25, 0.3) is 0 Å². The molecule has 1 atom stereocenters. The molecule has 2 nitrogen and oxygen atoms in total. The molecule has 1 aliphatic carbocycles. The van der Waals surface area contributed by atoms with Crippen LogP contribution in [0.3, 0.4) is 0 Å². The SMILES string of the molecule is COC1Cc2cccc(N)c2C1. The van der Waals surface area contributed by atoms with Gasteiger partial charge in [0.15, 0.2) is 0 Å². The normalized spacial score (nSPS) is 20.9. The quantitative estimate of drug-likeness (QED) is 0.635. The van der Waals surface area contributed by atoms with Crippen LogP contribution in [0.2, 0.25) is 0 Å². The van der Waals surface area contributed by atoms with Gasteiger partial charge in [0.2, 0.25) is 0 Å². The molecule has 2 N–H and O–H groups in total. The number of methoxy groups -OCH3 is 1. The first kappa shape index (κ1) is 7.62. The molecule has 2 rings (SSSR count). The van der Waals surface area contributed by atoms with Crippen LogP contribution in [0.15, 0.2) is 18.2 Å². The highest BCUT2D eigenvalue weighted by Gasteiger charge is 2.22. The zero-order valence-corrected chi connectivity index (χ0v) is 7.21. The monoisotopic (exact) mass is 163 g/mol. The van der Waals surface area contributed by atoms with Crippen molar-refractivity contribution in [2.45, 2.75) is 18.9 Å². The predicted octanol–water partition coefficient (Wildman–Crippen LogP) is 1.38. The van der Waals surface area contributed by atoms with Gasteiger partial charge in [-0.3, -0.25) is 0 Å². The van der Waals surface area contributed by atoms with Crippen molar-refractivity contribution in [2.24, 2.45) is 0 Å². The van der Waals surface area contributed by atoms with E-state index in [4.69, 9.17) is 10.5 Å². The zero-order chi connectivity index (χ0) is 8.55. The number of anilines is 1. The highest BCUT2D eigenvalue weighted by molar-refractivity contribution is 5.53. The van der Waals surface area contributed by atoms with Gasteiger partial charge in [-0.2, -0.15) is 0 Å². The Morgan fingerprint density at radius 2 is 2.25 bits per heavy atom. The molecule has 2 heteroatoms. The number of ether oxygens (including phenoxy) is 1. The van der Waals surface area contributed by atoms with Crippen LogP contribution in [0, 0.1) is 0 Å². The average molecular weight is 163 g/mol. The second kappa shape index (κ2) is 2.79. The highest BCUT2D eigenvalue weighted by atomic mass is 16.5. The summed E-state index contributed by atoms with van der Waals surface area (Å²) in [6, 6.07) is 6.09. The first-order valence-electron chi connectivity index (χ1n) is 4.20. The van der Waals surface area contributed by atoms with Crippen LogP contribution < -0.4 is 5.73 Å². The molecule has 0 fully saturated rings. The molecule has 0 bridgehead atoms. The third kappa shape index (κ3) is 1.08. The Labute approximate surface area is 72.3 Å². The number of nitrogen functional groups attached to an aromatic ring is 1. The Morgan fingerprint density at radius 3 is 2.92 bits per heavy atom. The van der Waals surface area contributed by atoms with E-state index in [1.54, 1.807) is 7.11 Å². The summed E-state index contributed by atoms with van der Waals surface area (Å²) in [4.78, 5) is 0. The Bertz CT molecular complexity index is 296. The van der Waals surface area contributed by atoms with Gasteiger partial charge in [0.1, 0.15) is 0 Å². The fourth-order valence-electron chi connectivity index (χ4n) is 1.81. The molecule has 0 spiro atoms. The summed E-state index contributed by atoms with van der Waals surface area (Å²) in [6.07, 6.45) is 2.32. The fraction of sp³-hybridized carbons (Fsp3) is 0.400. The van der Waals surface area contributed by atoms with Gasteiger partial charge in [0.05, 0.1) is 6.10 Å². The predicted molar refractivity (Wildman–Crippen MR) is 49.1 cm³/mol. The van der Waals surface area contributed by atoms with E-state index in [0.29, 0.717) is 6.10 Å². The molecule has 1 aromatic rings. The molecule has 0 aromatic heterocycles. The largest absolute Gasteiger partial charge is 0.398 e. The van der Waals surface area contributed by atoms with Gasteiger partial charge in [-0.1, -0.05) is 12.1 Å². The van der Waals surface area contributed by atoms with Gasteiger partial charge in [0, 0.05) is 19.2 Å². The van der Waals surface area contributed by atoms with Crippen LogP contribution in [0.1, 0.15) is 11.1 Å². The second-order valence-corrected chi connectivity index (χ2v) is 3.25. The number of fused-ring (bicyclic) bond motifs is 1. The number of hydrogen-bond acceptors (Lipinski definition) is 2. The standard InChI is InChI=1S/C10H13NO/c1-12-8-5-7-3-2-4-10(11)9(7)6-8/h2-4,8H,5-6,11H2,1H3. The lowest BCUT2D eigenvalue weighted by molar-refractivity contribution is 0.112. The van der Waals surface area contributed by atoms with Crippen molar-refractivity contribution in [3.63, 3.8) is 0 Å². The number of hydrogen-bond donors (Lipinski definition) is 1. The van der Waals surface area contributed by atoms with Crippen LogP contribution in [0.5, 0.6) is 0 Å². The maximum atomic E-state index is 5.83. The molecule has 0 heterocycles. The van der Waals surface area contributed by atoms with Crippen molar-refractivity contribution < 1.29 is 4.74 Å². The van der Waals surface area contributed by atoms with Crippen molar-refractivity contribution in [2.75, 3.05) is 12.8 Å². The van der Waals surface area contributed by atoms with Crippen LogP contribution in [-0.2, 0) is 17.6 Å². The third-order valence-corrected chi connectivity index (χ3v) is 2.52. The van der Waals surface area contributed by atoms with E-state index in [1.807, 2.05) is 12.1 Å². The molecule has 64 valence electrons. The minimum absolute atomic E-state index is 0.338. The lowest BCUT2D eigenvalue weighted by atomic mass is 10.1. The van der Waals surface area contributed by atoms with Gasteiger partial charge in [-0.15, -0.1) is 0 Å². The molecule has 1 aliphatic rings. The summed E-state index contributed by atoms with van der Waals surface area (Å²) in [5.41, 5.74) is 9.37. The van der Waals surface area contributed by atoms with Crippen molar-refractivity contribution >= 4 is 5.69 Å². The summed E-state index contributed by atoms with van der Waals surface area (Å²) in [5.74, 6) is 0. The van der Waals surface area contributed by atoms with Crippen molar-refractivity contribution in [1.82, 2.24) is 0 Å². The minimum Gasteiger partial charge on any atom is -0.398 e. The minimum atomic E-state index is 0.338. The number of nitrogens with two attached hydrogens (primary N) is 1.